The summed E-state index contributed by atoms with van der Waals surface area (Å²) >= 11 is 12.0. The number of nitrogens with one attached hydrogen (secondary N) is 2. The molecular weight excluding hydrogens is 401 g/mol. The SMILES string of the molecule is O=C(CNc1cc(Cl)cc(Cl)c1)N1CCC[C@H](Oc2ncnc3[nH]ccc23)C1. The predicted octanol–water partition coefficient (Wildman–Crippen LogP) is 3.75. The van der Waals surface area contributed by atoms with Crippen LogP contribution in [-0.2, 0) is 4.79 Å². The lowest BCUT2D eigenvalue weighted by atomic mass is 10.1. The number of H-pyrrole nitrogens is 1. The maximum absolute atomic E-state index is 12.6. The average Bonchev–Trinajstić information content (AvgIpc) is 3.15. The molecule has 1 amide bonds. The van der Waals surface area contributed by atoms with Crippen LogP contribution in [0.4, 0.5) is 5.69 Å². The maximum Gasteiger partial charge on any atom is 0.241 e. The summed E-state index contributed by atoms with van der Waals surface area (Å²) in [6.07, 6.45) is 4.92. The number of anilines is 1. The molecule has 2 N–H and O–H groups in total. The molecule has 28 heavy (non-hydrogen) atoms. The number of fused-ring (bicyclic) bond motifs is 1. The second-order valence-electron chi connectivity index (χ2n) is 6.65. The van der Waals surface area contributed by atoms with E-state index >= 15 is 0 Å². The first-order valence-corrected chi connectivity index (χ1v) is 9.76. The molecule has 0 aliphatic carbocycles. The van der Waals surface area contributed by atoms with Crippen LogP contribution in [0.1, 0.15) is 12.8 Å². The summed E-state index contributed by atoms with van der Waals surface area (Å²) in [4.78, 5) is 25.9. The van der Waals surface area contributed by atoms with Crippen LogP contribution in [0, 0.1) is 0 Å². The summed E-state index contributed by atoms with van der Waals surface area (Å²) in [5.74, 6) is 0.538. The van der Waals surface area contributed by atoms with Crippen LogP contribution in [0.15, 0.2) is 36.8 Å². The number of likely N-dealkylation sites (tertiary alicyclic amines) is 1. The molecule has 0 radical (unpaired) electrons. The number of piperidine rings is 1. The Morgan fingerprint density at radius 3 is 2.93 bits per heavy atom. The van der Waals surface area contributed by atoms with Crippen LogP contribution in [-0.4, -0.2) is 51.5 Å². The summed E-state index contributed by atoms with van der Waals surface area (Å²) in [5.41, 5.74) is 1.45. The normalized spacial score (nSPS) is 16.9. The van der Waals surface area contributed by atoms with E-state index in [-0.39, 0.29) is 18.6 Å². The highest BCUT2D eigenvalue weighted by atomic mass is 35.5. The molecule has 1 aliphatic heterocycles. The third kappa shape index (κ3) is 4.31. The number of aromatic amines is 1. The largest absolute Gasteiger partial charge is 0.472 e. The van der Waals surface area contributed by atoms with E-state index in [1.54, 1.807) is 24.4 Å². The minimum atomic E-state index is -0.105. The second-order valence-corrected chi connectivity index (χ2v) is 7.53. The molecule has 3 heterocycles. The lowest BCUT2D eigenvalue weighted by Crippen LogP contribution is -2.46. The van der Waals surface area contributed by atoms with Crippen LogP contribution in [0.2, 0.25) is 10.0 Å². The summed E-state index contributed by atoms with van der Waals surface area (Å²) in [6.45, 7) is 1.39. The number of hydrogen-bond donors (Lipinski definition) is 2. The minimum Gasteiger partial charge on any atom is -0.472 e. The number of rotatable bonds is 5. The Balaban J connectivity index is 1.36. The van der Waals surface area contributed by atoms with Gasteiger partial charge in [-0.3, -0.25) is 4.79 Å². The molecule has 3 aromatic rings. The Labute approximate surface area is 172 Å². The molecule has 1 aliphatic rings. The molecule has 2 aromatic heterocycles. The Bertz CT molecular complexity index is 973. The Morgan fingerprint density at radius 2 is 2.11 bits per heavy atom. The summed E-state index contributed by atoms with van der Waals surface area (Å²) in [7, 11) is 0. The highest BCUT2D eigenvalue weighted by molar-refractivity contribution is 6.35. The number of aromatic nitrogens is 3. The van der Waals surface area contributed by atoms with E-state index in [0.29, 0.717) is 34.7 Å². The van der Waals surface area contributed by atoms with Crippen molar-refractivity contribution in [2.75, 3.05) is 25.0 Å². The van der Waals surface area contributed by atoms with Gasteiger partial charge >= 0.3 is 0 Å². The molecule has 0 unspecified atom stereocenters. The first-order chi connectivity index (χ1) is 13.6. The topological polar surface area (TPSA) is 83.1 Å². The van der Waals surface area contributed by atoms with Crippen molar-refractivity contribution in [3.8, 4) is 5.88 Å². The fourth-order valence-electron chi connectivity index (χ4n) is 3.31. The fourth-order valence-corrected chi connectivity index (χ4v) is 3.83. The number of carbonyl (C=O) groups excluding carboxylic acids is 1. The Hall–Kier alpha value is -2.51. The van der Waals surface area contributed by atoms with Gasteiger partial charge in [0.2, 0.25) is 11.8 Å². The van der Waals surface area contributed by atoms with Gasteiger partial charge in [-0.25, -0.2) is 9.97 Å². The van der Waals surface area contributed by atoms with Gasteiger partial charge in [-0.15, -0.1) is 0 Å². The number of nitrogens with zero attached hydrogens (tertiary/aromatic N) is 3. The molecule has 0 saturated carbocycles. The van der Waals surface area contributed by atoms with Crippen molar-refractivity contribution in [2.45, 2.75) is 18.9 Å². The first-order valence-electron chi connectivity index (χ1n) is 9.01. The van der Waals surface area contributed by atoms with E-state index in [0.717, 1.165) is 23.9 Å². The van der Waals surface area contributed by atoms with Gasteiger partial charge in [-0.2, -0.15) is 0 Å². The molecule has 146 valence electrons. The summed E-state index contributed by atoms with van der Waals surface area (Å²) < 4.78 is 6.08. The molecular formula is C19H19Cl2N5O2. The van der Waals surface area contributed by atoms with Gasteiger partial charge in [0.15, 0.2) is 0 Å². The van der Waals surface area contributed by atoms with Gasteiger partial charge in [0.1, 0.15) is 18.1 Å². The van der Waals surface area contributed by atoms with Crippen LogP contribution < -0.4 is 10.1 Å². The van der Waals surface area contributed by atoms with Crippen LogP contribution in [0.3, 0.4) is 0 Å². The molecule has 0 bridgehead atoms. The van der Waals surface area contributed by atoms with E-state index in [1.807, 2.05) is 11.0 Å². The van der Waals surface area contributed by atoms with Crippen LogP contribution in [0.5, 0.6) is 5.88 Å². The molecule has 1 fully saturated rings. The number of halogens is 2. The van der Waals surface area contributed by atoms with Crippen molar-refractivity contribution >= 4 is 45.8 Å². The quantitative estimate of drug-likeness (QED) is 0.657. The highest BCUT2D eigenvalue weighted by Crippen LogP contribution is 2.24. The fraction of sp³-hybridized carbons (Fsp3) is 0.316. The number of hydrogen-bond acceptors (Lipinski definition) is 5. The lowest BCUT2D eigenvalue weighted by molar-refractivity contribution is -0.131. The molecule has 0 spiro atoms. The van der Waals surface area contributed by atoms with Gasteiger partial charge in [-0.05, 0) is 37.1 Å². The van der Waals surface area contributed by atoms with Gasteiger partial charge in [0.25, 0.3) is 0 Å². The van der Waals surface area contributed by atoms with Crippen molar-refractivity contribution in [2.24, 2.45) is 0 Å². The zero-order valence-corrected chi connectivity index (χ0v) is 16.5. The molecule has 9 heteroatoms. The molecule has 7 nitrogen and oxygen atoms in total. The van der Waals surface area contributed by atoms with Gasteiger partial charge in [0.05, 0.1) is 18.5 Å². The van der Waals surface area contributed by atoms with Gasteiger partial charge in [-0.1, -0.05) is 23.2 Å². The van der Waals surface area contributed by atoms with Gasteiger partial charge in [0, 0.05) is 28.5 Å². The monoisotopic (exact) mass is 419 g/mol. The van der Waals surface area contributed by atoms with Crippen molar-refractivity contribution < 1.29 is 9.53 Å². The Morgan fingerprint density at radius 1 is 1.29 bits per heavy atom. The molecule has 1 aromatic carbocycles. The van der Waals surface area contributed by atoms with E-state index in [1.165, 1.54) is 6.33 Å². The smallest absolute Gasteiger partial charge is 0.241 e. The first kappa shape index (κ1) is 18.8. The third-order valence-corrected chi connectivity index (χ3v) is 5.07. The highest BCUT2D eigenvalue weighted by Gasteiger charge is 2.25. The van der Waals surface area contributed by atoms with Crippen molar-refractivity contribution in [3.05, 3.63) is 46.8 Å². The van der Waals surface area contributed by atoms with E-state index in [4.69, 9.17) is 27.9 Å². The predicted molar refractivity (Wildman–Crippen MR) is 109 cm³/mol. The minimum absolute atomic E-state index is 0.00104. The number of ether oxygens (including phenoxy) is 1. The zero-order chi connectivity index (χ0) is 19.5. The summed E-state index contributed by atoms with van der Waals surface area (Å²) in [5, 5.41) is 4.97. The van der Waals surface area contributed by atoms with E-state index in [2.05, 4.69) is 20.3 Å². The van der Waals surface area contributed by atoms with Crippen molar-refractivity contribution in [1.82, 2.24) is 19.9 Å². The summed E-state index contributed by atoms with van der Waals surface area (Å²) in [6, 6.07) is 7.01. The number of carbonyl (C=O) groups is 1. The van der Waals surface area contributed by atoms with Gasteiger partial charge < -0.3 is 19.9 Å². The lowest BCUT2D eigenvalue weighted by Gasteiger charge is -2.32. The second kappa shape index (κ2) is 8.24. The standard InChI is InChI=1S/C19H19Cl2N5O2/c20-12-6-13(21)8-14(7-12)23-9-17(27)26-5-1-2-15(10-26)28-19-16-3-4-22-18(16)24-11-25-19/h3-4,6-8,11,15,23H,1-2,5,9-10H2,(H,22,24,25)/t15-/m0/s1. The third-order valence-electron chi connectivity index (χ3n) is 4.63. The molecule has 1 saturated heterocycles. The van der Waals surface area contributed by atoms with E-state index in [9.17, 15) is 4.79 Å². The number of benzene rings is 1. The maximum atomic E-state index is 12.6. The Kier molecular flexibility index (Phi) is 5.54. The number of amides is 1. The average molecular weight is 420 g/mol. The molecule has 4 rings (SSSR count). The zero-order valence-electron chi connectivity index (χ0n) is 15.0. The van der Waals surface area contributed by atoms with Crippen LogP contribution >= 0.6 is 23.2 Å². The van der Waals surface area contributed by atoms with Crippen molar-refractivity contribution in [1.29, 1.82) is 0 Å². The van der Waals surface area contributed by atoms with E-state index < -0.39 is 0 Å². The van der Waals surface area contributed by atoms with Crippen molar-refractivity contribution in [3.63, 3.8) is 0 Å². The van der Waals surface area contributed by atoms with Crippen LogP contribution in [0.25, 0.3) is 11.0 Å². The molecule has 1 atom stereocenters.